The number of fused-ring (bicyclic) bond motifs is 1. The first kappa shape index (κ1) is 17.5. The van der Waals surface area contributed by atoms with Crippen LogP contribution in [0.3, 0.4) is 0 Å². The lowest BCUT2D eigenvalue weighted by Gasteiger charge is -2.15. The van der Waals surface area contributed by atoms with E-state index >= 15 is 0 Å². The second kappa shape index (κ2) is 8.20. The van der Waals surface area contributed by atoms with Gasteiger partial charge in [-0.05, 0) is 58.0 Å². The maximum Gasteiger partial charge on any atom is 0.175 e. The van der Waals surface area contributed by atoms with Crippen molar-refractivity contribution in [1.29, 1.82) is 0 Å². The molecular formula is C20H18INO3. The smallest absolute Gasteiger partial charge is 0.175 e. The van der Waals surface area contributed by atoms with Crippen molar-refractivity contribution in [1.82, 2.24) is 0 Å². The fraction of sp³-hybridized carbons (Fsp3) is 0.150. The summed E-state index contributed by atoms with van der Waals surface area (Å²) in [5.41, 5.74) is 1.88. The minimum absolute atomic E-state index is 0.449. The summed E-state index contributed by atoms with van der Waals surface area (Å²) in [7, 11) is 0. The van der Waals surface area contributed by atoms with Crippen molar-refractivity contribution < 1.29 is 14.7 Å². The highest BCUT2D eigenvalue weighted by Crippen LogP contribution is 2.35. The number of benzene rings is 3. The Kier molecular flexibility index (Phi) is 5.75. The number of rotatable bonds is 6. The molecule has 0 amide bonds. The van der Waals surface area contributed by atoms with Crippen LogP contribution in [-0.2, 0) is 6.61 Å². The van der Waals surface area contributed by atoms with Gasteiger partial charge in [0.05, 0.1) is 16.4 Å². The topological polar surface area (TPSA) is 51.0 Å². The van der Waals surface area contributed by atoms with E-state index in [9.17, 15) is 0 Å². The molecule has 0 atom stereocenters. The molecule has 0 aliphatic heterocycles. The Morgan fingerprint density at radius 2 is 1.88 bits per heavy atom. The molecule has 0 aliphatic carbocycles. The summed E-state index contributed by atoms with van der Waals surface area (Å²) in [6.07, 6.45) is 1.37. The van der Waals surface area contributed by atoms with Gasteiger partial charge in [0.25, 0.3) is 0 Å². The molecule has 3 aromatic carbocycles. The SMILES string of the molecule is CCOc1cc(/C=N\O)cc(I)c1OCc1cccc2ccccc12. The molecule has 0 heterocycles. The monoisotopic (exact) mass is 447 g/mol. The summed E-state index contributed by atoms with van der Waals surface area (Å²) in [4.78, 5) is 0. The van der Waals surface area contributed by atoms with E-state index < -0.39 is 0 Å². The highest BCUT2D eigenvalue weighted by Gasteiger charge is 2.13. The van der Waals surface area contributed by atoms with Crippen LogP contribution in [0.5, 0.6) is 11.5 Å². The maximum absolute atomic E-state index is 8.75. The zero-order valence-electron chi connectivity index (χ0n) is 13.8. The molecule has 1 N–H and O–H groups in total. The minimum Gasteiger partial charge on any atom is -0.490 e. The molecule has 0 aliphatic rings. The molecule has 0 aromatic heterocycles. The van der Waals surface area contributed by atoms with Crippen LogP contribution in [-0.4, -0.2) is 18.0 Å². The lowest BCUT2D eigenvalue weighted by molar-refractivity contribution is 0.268. The predicted octanol–water partition coefficient (Wildman–Crippen LogP) is 5.23. The minimum atomic E-state index is 0.449. The van der Waals surface area contributed by atoms with Gasteiger partial charge in [0.2, 0.25) is 0 Å². The molecule has 0 unspecified atom stereocenters. The van der Waals surface area contributed by atoms with Crippen LogP contribution < -0.4 is 9.47 Å². The fourth-order valence-corrected chi connectivity index (χ4v) is 3.48. The average molecular weight is 447 g/mol. The Balaban J connectivity index is 1.91. The number of ether oxygens (including phenoxy) is 2. The standard InChI is InChI=1S/C20H18INO3/c1-2-24-19-11-14(12-22-23)10-18(21)20(19)25-13-16-8-5-7-15-6-3-4-9-17(15)16/h3-12,23H,2,13H2,1H3/b22-12-. The number of oxime groups is 1. The van der Waals surface area contributed by atoms with Crippen molar-refractivity contribution in [2.75, 3.05) is 6.61 Å². The van der Waals surface area contributed by atoms with Crippen LogP contribution in [0.4, 0.5) is 0 Å². The van der Waals surface area contributed by atoms with Gasteiger partial charge in [-0.2, -0.15) is 0 Å². The van der Waals surface area contributed by atoms with E-state index in [1.165, 1.54) is 17.0 Å². The zero-order valence-corrected chi connectivity index (χ0v) is 15.9. The third-order valence-corrected chi connectivity index (χ3v) is 4.59. The Labute approximate surface area is 160 Å². The van der Waals surface area contributed by atoms with Gasteiger partial charge in [0, 0.05) is 5.56 Å². The summed E-state index contributed by atoms with van der Waals surface area (Å²) >= 11 is 2.20. The van der Waals surface area contributed by atoms with Crippen LogP contribution in [0.2, 0.25) is 0 Å². The third-order valence-electron chi connectivity index (χ3n) is 3.79. The average Bonchev–Trinajstić information content (AvgIpc) is 2.61. The van der Waals surface area contributed by atoms with E-state index in [4.69, 9.17) is 14.7 Å². The summed E-state index contributed by atoms with van der Waals surface area (Å²) in [5.74, 6) is 1.34. The Morgan fingerprint density at radius 3 is 2.68 bits per heavy atom. The molecule has 0 bridgehead atoms. The molecule has 25 heavy (non-hydrogen) atoms. The molecule has 0 fully saturated rings. The molecular weight excluding hydrogens is 429 g/mol. The second-order valence-corrected chi connectivity index (χ2v) is 6.60. The maximum atomic E-state index is 8.75. The molecule has 128 valence electrons. The first-order chi connectivity index (χ1) is 12.2. The highest BCUT2D eigenvalue weighted by molar-refractivity contribution is 14.1. The van der Waals surface area contributed by atoms with Gasteiger partial charge in [-0.3, -0.25) is 0 Å². The number of nitrogens with zero attached hydrogens (tertiary/aromatic N) is 1. The van der Waals surface area contributed by atoms with E-state index in [-0.39, 0.29) is 0 Å². The summed E-state index contributed by atoms with van der Waals surface area (Å²) in [6, 6.07) is 18.2. The van der Waals surface area contributed by atoms with E-state index in [1.807, 2.05) is 37.3 Å². The van der Waals surface area contributed by atoms with E-state index in [0.717, 1.165) is 14.7 Å². The molecule has 3 rings (SSSR count). The second-order valence-electron chi connectivity index (χ2n) is 5.43. The van der Waals surface area contributed by atoms with Crippen LogP contribution >= 0.6 is 22.6 Å². The van der Waals surface area contributed by atoms with Crippen molar-refractivity contribution in [3.63, 3.8) is 0 Å². The molecule has 0 saturated carbocycles. The molecule has 0 radical (unpaired) electrons. The van der Waals surface area contributed by atoms with Crippen LogP contribution in [0.15, 0.2) is 59.8 Å². The molecule has 5 heteroatoms. The van der Waals surface area contributed by atoms with Gasteiger partial charge < -0.3 is 14.7 Å². The summed E-state index contributed by atoms with van der Waals surface area (Å²) in [5, 5.41) is 14.2. The summed E-state index contributed by atoms with van der Waals surface area (Å²) in [6.45, 7) is 2.90. The Bertz CT molecular complexity index is 903. The van der Waals surface area contributed by atoms with Crippen LogP contribution in [0.1, 0.15) is 18.1 Å². The van der Waals surface area contributed by atoms with Crippen molar-refractivity contribution in [3.05, 3.63) is 69.3 Å². The predicted molar refractivity (Wildman–Crippen MR) is 108 cm³/mol. The van der Waals surface area contributed by atoms with Crippen LogP contribution in [0, 0.1) is 3.57 Å². The van der Waals surface area contributed by atoms with Gasteiger partial charge in [-0.1, -0.05) is 47.6 Å². The first-order valence-corrected chi connectivity index (χ1v) is 9.04. The third kappa shape index (κ3) is 4.04. The highest BCUT2D eigenvalue weighted by atomic mass is 127. The van der Waals surface area contributed by atoms with Crippen molar-refractivity contribution in [2.24, 2.45) is 5.16 Å². The molecule has 0 spiro atoms. The number of hydrogen-bond donors (Lipinski definition) is 1. The van der Waals surface area contributed by atoms with Gasteiger partial charge in [0.15, 0.2) is 11.5 Å². The van der Waals surface area contributed by atoms with E-state index in [2.05, 4.69) is 52.0 Å². The normalized spacial score (nSPS) is 11.1. The van der Waals surface area contributed by atoms with Crippen molar-refractivity contribution in [2.45, 2.75) is 13.5 Å². The van der Waals surface area contributed by atoms with E-state index in [1.54, 1.807) is 0 Å². The van der Waals surface area contributed by atoms with E-state index in [0.29, 0.717) is 24.7 Å². The largest absolute Gasteiger partial charge is 0.490 e. The first-order valence-electron chi connectivity index (χ1n) is 7.96. The van der Waals surface area contributed by atoms with Gasteiger partial charge in [-0.25, -0.2) is 0 Å². The molecule has 0 saturated heterocycles. The van der Waals surface area contributed by atoms with Crippen molar-refractivity contribution in [3.8, 4) is 11.5 Å². The lowest BCUT2D eigenvalue weighted by Crippen LogP contribution is -2.03. The Morgan fingerprint density at radius 1 is 1.08 bits per heavy atom. The Hall–Kier alpha value is -2.28. The quantitative estimate of drug-likeness (QED) is 0.244. The van der Waals surface area contributed by atoms with Crippen molar-refractivity contribution >= 4 is 39.6 Å². The number of halogens is 1. The fourth-order valence-electron chi connectivity index (χ4n) is 2.70. The van der Waals surface area contributed by atoms with Gasteiger partial charge >= 0.3 is 0 Å². The molecule has 3 aromatic rings. The molecule has 4 nitrogen and oxygen atoms in total. The van der Waals surface area contributed by atoms with Gasteiger partial charge in [-0.15, -0.1) is 0 Å². The summed E-state index contributed by atoms with van der Waals surface area (Å²) < 4.78 is 12.7. The lowest BCUT2D eigenvalue weighted by atomic mass is 10.1. The van der Waals surface area contributed by atoms with Crippen LogP contribution in [0.25, 0.3) is 10.8 Å². The zero-order chi connectivity index (χ0) is 17.6. The number of hydrogen-bond acceptors (Lipinski definition) is 4. The van der Waals surface area contributed by atoms with Gasteiger partial charge in [0.1, 0.15) is 6.61 Å².